The third kappa shape index (κ3) is 6.76. The van der Waals surface area contributed by atoms with Crippen LogP contribution in [0.25, 0.3) is 90.9 Å². The van der Waals surface area contributed by atoms with Gasteiger partial charge in [-0.2, -0.15) is 0 Å². The summed E-state index contributed by atoms with van der Waals surface area (Å²) in [6, 6.07) is 31.4. The smallest absolute Gasteiger partial charge is 0.0737 e. The Hall–Kier alpha value is -6.78. The molecule has 0 saturated heterocycles. The van der Waals surface area contributed by atoms with Gasteiger partial charge in [0.15, 0.2) is 0 Å². The monoisotopic (exact) mass is 780 g/mol. The van der Waals surface area contributed by atoms with E-state index in [4.69, 9.17) is 9.97 Å². The highest BCUT2D eigenvalue weighted by Crippen LogP contribution is 2.42. The molecule has 2 aliphatic heterocycles. The molecule has 4 heteroatoms. The van der Waals surface area contributed by atoms with Crippen molar-refractivity contribution in [3.8, 4) is 44.5 Å². The van der Waals surface area contributed by atoms with E-state index in [0.29, 0.717) is 0 Å². The molecule has 60 heavy (non-hydrogen) atoms. The molecule has 0 fully saturated rings. The van der Waals surface area contributed by atoms with Crippen molar-refractivity contribution >= 4 is 46.4 Å². The van der Waals surface area contributed by atoms with E-state index in [2.05, 4.69) is 188 Å². The van der Waals surface area contributed by atoms with Crippen LogP contribution in [0.2, 0.25) is 0 Å². The van der Waals surface area contributed by atoms with E-state index in [0.717, 1.165) is 79.1 Å². The number of nitrogens with zero attached hydrogens (tertiary/aromatic N) is 2. The minimum Gasteiger partial charge on any atom is -0.354 e. The average molecular weight is 781 g/mol. The van der Waals surface area contributed by atoms with Gasteiger partial charge in [-0.05, 0) is 179 Å². The van der Waals surface area contributed by atoms with Crippen molar-refractivity contribution in [3.63, 3.8) is 0 Å². The lowest BCUT2D eigenvalue weighted by molar-refractivity contribution is 1.27. The first kappa shape index (κ1) is 38.7. The number of H-pyrrole nitrogens is 2. The zero-order valence-electron chi connectivity index (χ0n) is 36.3. The minimum atomic E-state index is 0.817. The van der Waals surface area contributed by atoms with Crippen LogP contribution in [0, 0.1) is 62.3 Å². The molecule has 0 aliphatic carbocycles. The summed E-state index contributed by atoms with van der Waals surface area (Å²) < 4.78 is 0. The number of hydrogen-bond donors (Lipinski definition) is 2. The Labute approximate surface area is 354 Å². The Morgan fingerprint density at radius 2 is 0.700 bits per heavy atom. The van der Waals surface area contributed by atoms with Crippen molar-refractivity contribution in [2.24, 2.45) is 0 Å². The number of hydrogen-bond acceptors (Lipinski definition) is 2. The van der Waals surface area contributed by atoms with E-state index >= 15 is 0 Å². The molecule has 8 bridgehead atoms. The van der Waals surface area contributed by atoms with Gasteiger partial charge in [0.2, 0.25) is 0 Å². The van der Waals surface area contributed by atoms with Gasteiger partial charge < -0.3 is 9.97 Å². The zero-order chi connectivity index (χ0) is 42.0. The van der Waals surface area contributed by atoms with E-state index in [1.165, 1.54) is 72.3 Å². The molecule has 0 radical (unpaired) electrons. The summed E-state index contributed by atoms with van der Waals surface area (Å²) in [4.78, 5) is 19.1. The Morgan fingerprint density at radius 1 is 0.400 bits per heavy atom. The molecule has 3 aromatic heterocycles. The van der Waals surface area contributed by atoms with Crippen LogP contribution in [0.3, 0.4) is 0 Å². The van der Waals surface area contributed by atoms with Crippen molar-refractivity contribution in [3.05, 3.63) is 176 Å². The second kappa shape index (κ2) is 15.1. The lowest BCUT2D eigenvalue weighted by Gasteiger charge is -2.14. The predicted octanol–water partition coefficient (Wildman–Crippen LogP) is 14.8. The molecule has 9 rings (SSSR count). The number of rotatable bonds is 6. The second-order valence-electron chi connectivity index (χ2n) is 17.0. The lowest BCUT2D eigenvalue weighted by atomic mass is 9.92. The summed E-state index contributed by atoms with van der Waals surface area (Å²) in [7, 11) is 0. The number of allylic oxidation sites excluding steroid dienone is 1. The van der Waals surface area contributed by atoms with Gasteiger partial charge in [-0.25, -0.2) is 9.97 Å². The van der Waals surface area contributed by atoms with E-state index in [1.807, 2.05) is 6.08 Å². The van der Waals surface area contributed by atoms with E-state index in [-0.39, 0.29) is 0 Å². The standard InChI is InChI=1S/C56H52N4/c1-11-12-40-13-15-41(16-14-40)53-42-17-19-44(57-42)54(50-34(5)25-31(2)26-35(50)6)46-21-23-48(59-46)56(52-38(9)29-33(4)30-39(52)10)49-24-22-47(60-49)55(45-20-18-43(53)58-45)51-36(7)27-32(3)28-37(51)8/h11,13-30,57,60H,1,12H2,2-10H3. The summed E-state index contributed by atoms with van der Waals surface area (Å²) in [5.74, 6) is 0. The molecule has 0 unspecified atom stereocenters. The molecule has 296 valence electrons. The molecular weight excluding hydrogens is 729 g/mol. The Kier molecular flexibility index (Phi) is 9.75. The Balaban J connectivity index is 1.51. The first-order valence-electron chi connectivity index (χ1n) is 21.0. The maximum absolute atomic E-state index is 5.61. The topological polar surface area (TPSA) is 57.4 Å². The molecule has 0 atom stereocenters. The maximum atomic E-state index is 5.61. The molecule has 0 amide bonds. The van der Waals surface area contributed by atoms with Crippen molar-refractivity contribution in [2.45, 2.75) is 68.7 Å². The first-order valence-corrected chi connectivity index (χ1v) is 21.0. The highest BCUT2D eigenvalue weighted by atomic mass is 14.8. The fraction of sp³-hybridized carbons (Fsp3) is 0.179. The third-order valence-electron chi connectivity index (χ3n) is 12.2. The highest BCUT2D eigenvalue weighted by Gasteiger charge is 2.22. The maximum Gasteiger partial charge on any atom is 0.0737 e. The number of aromatic amines is 2. The normalized spacial score (nSPS) is 12.1. The fourth-order valence-corrected chi connectivity index (χ4v) is 10.00. The van der Waals surface area contributed by atoms with Crippen molar-refractivity contribution < 1.29 is 0 Å². The van der Waals surface area contributed by atoms with Crippen LogP contribution in [0.1, 0.15) is 78.4 Å². The summed E-state index contributed by atoms with van der Waals surface area (Å²) in [5.41, 5.74) is 28.9. The van der Waals surface area contributed by atoms with E-state index < -0.39 is 0 Å². The van der Waals surface area contributed by atoms with Gasteiger partial charge in [0.05, 0.1) is 22.8 Å². The van der Waals surface area contributed by atoms with Gasteiger partial charge >= 0.3 is 0 Å². The number of benzene rings is 4. The van der Waals surface area contributed by atoms with Crippen molar-refractivity contribution in [1.29, 1.82) is 0 Å². The quantitative estimate of drug-likeness (QED) is 0.165. The third-order valence-corrected chi connectivity index (χ3v) is 12.2. The molecule has 7 aromatic rings. The average Bonchev–Trinajstić information content (AvgIpc) is 4.02. The largest absolute Gasteiger partial charge is 0.354 e. The van der Waals surface area contributed by atoms with Crippen LogP contribution < -0.4 is 0 Å². The van der Waals surface area contributed by atoms with Crippen LogP contribution in [0.4, 0.5) is 0 Å². The van der Waals surface area contributed by atoms with Crippen molar-refractivity contribution in [1.82, 2.24) is 19.9 Å². The Bertz CT molecular complexity index is 3040. The predicted molar refractivity (Wildman–Crippen MR) is 257 cm³/mol. The first-order chi connectivity index (χ1) is 28.9. The van der Waals surface area contributed by atoms with Crippen molar-refractivity contribution in [2.75, 3.05) is 0 Å². The summed E-state index contributed by atoms with van der Waals surface area (Å²) in [6.07, 6.45) is 11.6. The van der Waals surface area contributed by atoms with E-state index in [9.17, 15) is 0 Å². The molecule has 4 nitrogen and oxygen atoms in total. The number of aryl methyl sites for hydroxylation is 9. The van der Waals surface area contributed by atoms with Gasteiger partial charge in [-0.1, -0.05) is 83.4 Å². The van der Waals surface area contributed by atoms with Crippen LogP contribution in [-0.2, 0) is 6.42 Å². The van der Waals surface area contributed by atoms with E-state index in [1.54, 1.807) is 0 Å². The fourth-order valence-electron chi connectivity index (χ4n) is 10.00. The molecular formula is C56H52N4. The van der Waals surface area contributed by atoms with Gasteiger partial charge in [-0.15, -0.1) is 6.58 Å². The molecule has 5 heterocycles. The van der Waals surface area contributed by atoms with Crippen LogP contribution in [0.15, 0.2) is 97.6 Å². The van der Waals surface area contributed by atoms with Gasteiger partial charge in [0.25, 0.3) is 0 Å². The number of nitrogens with one attached hydrogen (secondary N) is 2. The minimum absolute atomic E-state index is 0.817. The molecule has 4 aromatic carbocycles. The van der Waals surface area contributed by atoms with Crippen LogP contribution in [0.5, 0.6) is 0 Å². The number of fused-ring (bicyclic) bond motifs is 8. The van der Waals surface area contributed by atoms with Crippen LogP contribution >= 0.6 is 0 Å². The van der Waals surface area contributed by atoms with Gasteiger partial charge in [-0.3, -0.25) is 0 Å². The molecule has 0 spiro atoms. The summed E-state index contributed by atoms with van der Waals surface area (Å²) >= 11 is 0. The Morgan fingerprint density at radius 3 is 1.02 bits per heavy atom. The zero-order valence-corrected chi connectivity index (χ0v) is 36.3. The SMILES string of the molecule is C=CCc1ccc(-c2c3nc(c(-c4c(C)cc(C)cc4C)c4ccc([nH]4)c(-c4c(C)cc(C)cc4C)c4nc(c(-c5c(C)cc(C)cc5C)c5ccc2[nH]5)C=C4)C=C3)cc1. The second-order valence-corrected chi connectivity index (χ2v) is 17.0. The van der Waals surface area contributed by atoms with Crippen LogP contribution in [-0.4, -0.2) is 19.9 Å². The summed E-state index contributed by atoms with van der Waals surface area (Å²) in [5, 5.41) is 0. The molecule has 2 N–H and O–H groups in total. The van der Waals surface area contributed by atoms with Gasteiger partial charge in [0.1, 0.15) is 0 Å². The number of aromatic nitrogens is 4. The van der Waals surface area contributed by atoms with Gasteiger partial charge in [0, 0.05) is 44.3 Å². The summed E-state index contributed by atoms with van der Waals surface area (Å²) in [6.45, 7) is 23.8. The lowest BCUT2D eigenvalue weighted by Crippen LogP contribution is -1.96. The molecule has 0 saturated carbocycles. The molecule has 2 aliphatic rings. The highest BCUT2D eigenvalue weighted by molar-refractivity contribution is 6.01.